The fourth-order valence-corrected chi connectivity index (χ4v) is 2.01. The second-order valence-corrected chi connectivity index (χ2v) is 4.53. The molecule has 23 heavy (non-hydrogen) atoms. The predicted octanol–water partition coefficient (Wildman–Crippen LogP) is 2.97. The maximum Gasteiger partial charge on any atom is 0.338 e. The van der Waals surface area contributed by atoms with E-state index in [1.165, 1.54) is 26.4 Å². The summed E-state index contributed by atoms with van der Waals surface area (Å²) >= 11 is 0. The largest absolute Gasteiger partial charge is 0.496 e. The van der Waals surface area contributed by atoms with E-state index in [1.54, 1.807) is 24.3 Å². The molecule has 0 amide bonds. The van der Waals surface area contributed by atoms with Crippen LogP contribution in [0, 0.1) is 10.1 Å². The summed E-state index contributed by atoms with van der Waals surface area (Å²) < 4.78 is 15.2. The Kier molecular flexibility index (Phi) is 5.14. The van der Waals surface area contributed by atoms with Crippen LogP contribution in [-0.2, 0) is 11.3 Å². The lowest BCUT2D eigenvalue weighted by atomic mass is 10.2. The van der Waals surface area contributed by atoms with Gasteiger partial charge in [0.15, 0.2) is 5.75 Å². The number of rotatable bonds is 6. The first-order valence-electron chi connectivity index (χ1n) is 6.68. The number of methoxy groups -OCH3 is 2. The molecule has 0 aliphatic carbocycles. The highest BCUT2D eigenvalue weighted by Gasteiger charge is 2.19. The van der Waals surface area contributed by atoms with Crippen molar-refractivity contribution in [2.45, 2.75) is 6.61 Å². The zero-order valence-electron chi connectivity index (χ0n) is 12.6. The van der Waals surface area contributed by atoms with Gasteiger partial charge in [-0.15, -0.1) is 0 Å². The van der Waals surface area contributed by atoms with E-state index in [9.17, 15) is 14.9 Å². The summed E-state index contributed by atoms with van der Waals surface area (Å²) in [5.74, 6) is 0.0129. The van der Waals surface area contributed by atoms with Crippen molar-refractivity contribution >= 4 is 11.7 Å². The van der Waals surface area contributed by atoms with E-state index in [0.29, 0.717) is 11.3 Å². The second kappa shape index (κ2) is 7.26. The van der Waals surface area contributed by atoms with Gasteiger partial charge in [-0.05, 0) is 18.2 Å². The number of benzene rings is 2. The zero-order chi connectivity index (χ0) is 16.8. The van der Waals surface area contributed by atoms with Crippen LogP contribution in [-0.4, -0.2) is 25.1 Å². The first-order valence-corrected chi connectivity index (χ1v) is 6.68. The van der Waals surface area contributed by atoms with Crippen molar-refractivity contribution in [2.75, 3.05) is 14.2 Å². The number of carbonyl (C=O) groups is 1. The molecule has 0 atom stereocenters. The van der Waals surface area contributed by atoms with Crippen LogP contribution >= 0.6 is 0 Å². The Morgan fingerprint density at radius 2 is 1.78 bits per heavy atom. The van der Waals surface area contributed by atoms with Gasteiger partial charge in [0.1, 0.15) is 12.4 Å². The lowest BCUT2D eigenvalue weighted by molar-refractivity contribution is -0.385. The lowest BCUT2D eigenvalue weighted by Crippen LogP contribution is -2.07. The molecule has 0 radical (unpaired) electrons. The van der Waals surface area contributed by atoms with Crippen molar-refractivity contribution in [3.63, 3.8) is 0 Å². The first-order chi connectivity index (χ1) is 11.1. The van der Waals surface area contributed by atoms with Crippen molar-refractivity contribution in [3.8, 4) is 11.5 Å². The van der Waals surface area contributed by atoms with Crippen molar-refractivity contribution in [2.24, 2.45) is 0 Å². The molecule has 0 aliphatic heterocycles. The standard InChI is InChI=1S/C16H15NO6/c1-21-14-6-4-3-5-12(14)10-23-16(18)11-7-8-15(22-2)13(9-11)17(19)20/h3-9H,10H2,1-2H3. The van der Waals surface area contributed by atoms with Crippen LogP contribution in [0.3, 0.4) is 0 Å². The number of nitrogens with zero attached hydrogens (tertiary/aromatic N) is 1. The minimum absolute atomic E-state index is 0.00265. The number of esters is 1. The van der Waals surface area contributed by atoms with Gasteiger partial charge in [-0.2, -0.15) is 0 Å². The van der Waals surface area contributed by atoms with Crippen LogP contribution in [0.5, 0.6) is 11.5 Å². The van der Waals surface area contributed by atoms with Gasteiger partial charge in [-0.3, -0.25) is 10.1 Å². The molecule has 0 aliphatic rings. The number of ether oxygens (including phenoxy) is 3. The minimum atomic E-state index is -0.665. The Morgan fingerprint density at radius 1 is 1.09 bits per heavy atom. The van der Waals surface area contributed by atoms with Gasteiger partial charge in [0, 0.05) is 11.6 Å². The Hall–Kier alpha value is -3.09. The Labute approximate surface area is 132 Å². The topological polar surface area (TPSA) is 87.9 Å². The Balaban J connectivity index is 2.15. The van der Waals surface area contributed by atoms with Crippen LogP contribution in [0.15, 0.2) is 42.5 Å². The van der Waals surface area contributed by atoms with E-state index in [1.807, 2.05) is 0 Å². The monoisotopic (exact) mass is 317 g/mol. The molecule has 0 aromatic heterocycles. The predicted molar refractivity (Wildman–Crippen MR) is 81.8 cm³/mol. The van der Waals surface area contributed by atoms with Crippen molar-refractivity contribution in [1.29, 1.82) is 0 Å². The molecule has 0 saturated heterocycles. The lowest BCUT2D eigenvalue weighted by Gasteiger charge is -2.09. The van der Waals surface area contributed by atoms with Gasteiger partial charge in [0.05, 0.1) is 24.7 Å². The number of para-hydroxylation sites is 1. The van der Waals surface area contributed by atoms with Gasteiger partial charge >= 0.3 is 11.7 Å². The van der Waals surface area contributed by atoms with Gasteiger partial charge in [-0.1, -0.05) is 18.2 Å². The SMILES string of the molecule is COc1ccccc1COC(=O)c1ccc(OC)c([N+](=O)[O-])c1. The van der Waals surface area contributed by atoms with E-state index < -0.39 is 10.9 Å². The van der Waals surface area contributed by atoms with E-state index >= 15 is 0 Å². The third-order valence-electron chi connectivity index (χ3n) is 3.16. The minimum Gasteiger partial charge on any atom is -0.496 e. The average molecular weight is 317 g/mol. The summed E-state index contributed by atoms with van der Waals surface area (Å²) in [5.41, 5.74) is 0.484. The molecule has 0 saturated carbocycles. The molecular weight excluding hydrogens is 302 g/mol. The summed E-state index contributed by atoms with van der Waals surface area (Å²) in [6.07, 6.45) is 0. The van der Waals surface area contributed by atoms with Gasteiger partial charge in [-0.25, -0.2) is 4.79 Å². The van der Waals surface area contributed by atoms with Crippen LogP contribution in [0.25, 0.3) is 0 Å². The highest BCUT2D eigenvalue weighted by Crippen LogP contribution is 2.28. The second-order valence-electron chi connectivity index (χ2n) is 4.53. The van der Waals surface area contributed by atoms with E-state index in [-0.39, 0.29) is 23.6 Å². The molecule has 0 spiro atoms. The Bertz CT molecular complexity index is 728. The average Bonchev–Trinajstić information content (AvgIpc) is 2.59. The van der Waals surface area contributed by atoms with Gasteiger partial charge < -0.3 is 14.2 Å². The highest BCUT2D eigenvalue weighted by atomic mass is 16.6. The third kappa shape index (κ3) is 3.76. The summed E-state index contributed by atoms with van der Waals surface area (Å²) in [5, 5.41) is 11.0. The molecule has 0 bridgehead atoms. The first kappa shape index (κ1) is 16.3. The maximum atomic E-state index is 12.1. The smallest absolute Gasteiger partial charge is 0.338 e. The molecule has 0 heterocycles. The van der Waals surface area contributed by atoms with Gasteiger partial charge in [0.25, 0.3) is 0 Å². The van der Waals surface area contributed by atoms with Crippen LogP contribution in [0.2, 0.25) is 0 Å². The van der Waals surface area contributed by atoms with Crippen molar-refractivity contribution < 1.29 is 23.9 Å². The number of nitro benzene ring substituents is 1. The summed E-state index contributed by atoms with van der Waals surface area (Å²) in [6, 6.07) is 11.0. The molecule has 2 rings (SSSR count). The van der Waals surface area contributed by atoms with Crippen molar-refractivity contribution in [3.05, 3.63) is 63.7 Å². The molecule has 120 valence electrons. The van der Waals surface area contributed by atoms with Crippen LogP contribution < -0.4 is 9.47 Å². The summed E-state index contributed by atoms with van der Waals surface area (Å²) in [4.78, 5) is 22.4. The van der Waals surface area contributed by atoms with E-state index in [4.69, 9.17) is 14.2 Å². The normalized spacial score (nSPS) is 10.0. The van der Waals surface area contributed by atoms with Crippen molar-refractivity contribution in [1.82, 2.24) is 0 Å². The molecule has 0 fully saturated rings. The summed E-state index contributed by atoms with van der Waals surface area (Å²) in [7, 11) is 2.84. The number of hydrogen-bond acceptors (Lipinski definition) is 6. The van der Waals surface area contributed by atoms with Crippen LogP contribution in [0.1, 0.15) is 15.9 Å². The quantitative estimate of drug-likeness (QED) is 0.462. The Morgan fingerprint density at radius 3 is 2.43 bits per heavy atom. The molecule has 0 N–H and O–H groups in total. The van der Waals surface area contributed by atoms with Crippen LogP contribution in [0.4, 0.5) is 5.69 Å². The van der Waals surface area contributed by atoms with Gasteiger partial charge in [0.2, 0.25) is 0 Å². The molecule has 0 unspecified atom stereocenters. The molecule has 2 aromatic rings. The number of carbonyl (C=O) groups excluding carboxylic acids is 1. The molecule has 2 aromatic carbocycles. The molecule has 7 heteroatoms. The maximum absolute atomic E-state index is 12.1. The number of hydrogen-bond donors (Lipinski definition) is 0. The number of nitro groups is 1. The fourth-order valence-electron chi connectivity index (χ4n) is 2.01. The molecule has 7 nitrogen and oxygen atoms in total. The molecular formula is C16H15NO6. The highest BCUT2D eigenvalue weighted by molar-refractivity contribution is 5.90. The van der Waals surface area contributed by atoms with E-state index in [2.05, 4.69) is 0 Å². The summed E-state index contributed by atoms with van der Waals surface area (Å²) in [6.45, 7) is 0.00265. The third-order valence-corrected chi connectivity index (χ3v) is 3.16. The fraction of sp³-hybridized carbons (Fsp3) is 0.188. The zero-order valence-corrected chi connectivity index (χ0v) is 12.6. The van der Waals surface area contributed by atoms with E-state index in [0.717, 1.165) is 6.07 Å².